The van der Waals surface area contributed by atoms with Gasteiger partial charge in [-0.3, -0.25) is 24.0 Å². The van der Waals surface area contributed by atoms with Crippen molar-refractivity contribution in [2.75, 3.05) is 12.3 Å². The van der Waals surface area contributed by atoms with Gasteiger partial charge in [-0.2, -0.15) is 11.8 Å². The summed E-state index contributed by atoms with van der Waals surface area (Å²) in [4.78, 5) is 57.8. The van der Waals surface area contributed by atoms with Crippen molar-refractivity contribution in [3.05, 3.63) is 0 Å². The van der Waals surface area contributed by atoms with Gasteiger partial charge in [-0.25, -0.2) is 0 Å². The molecule has 1 fully saturated rings. The molecule has 11 nitrogen and oxygen atoms in total. The Kier molecular flexibility index (Phi) is 11.9. The Morgan fingerprint density at radius 1 is 1.26 bits per heavy atom. The molecule has 6 N–H and O–H groups in total. The van der Waals surface area contributed by atoms with Crippen LogP contribution in [0.1, 0.15) is 51.9 Å². The van der Waals surface area contributed by atoms with Crippen LogP contribution in [0.2, 0.25) is 0 Å². The summed E-state index contributed by atoms with van der Waals surface area (Å²) < 4.78 is 5.37. The van der Waals surface area contributed by atoms with E-state index in [9.17, 15) is 24.0 Å². The van der Waals surface area contributed by atoms with E-state index in [1.165, 1.54) is 11.8 Å². The van der Waals surface area contributed by atoms with Crippen molar-refractivity contribution in [3.63, 3.8) is 0 Å². The smallest absolute Gasteiger partial charge is 0.322 e. The summed E-state index contributed by atoms with van der Waals surface area (Å²) in [6.45, 7) is 1.46. The fourth-order valence-electron chi connectivity index (χ4n) is 2.96. The molecule has 1 aliphatic heterocycles. The number of unbranched alkanes of at least 4 members (excludes halogenated alkanes) is 2. The van der Waals surface area contributed by atoms with Crippen LogP contribution in [0.5, 0.6) is 0 Å². The van der Waals surface area contributed by atoms with E-state index in [2.05, 4.69) is 17.6 Å². The first-order valence-corrected chi connectivity index (χ1v) is 11.3. The van der Waals surface area contributed by atoms with E-state index < -0.39 is 42.4 Å². The number of nitrogens with two attached hydrogens (primary N) is 1. The third kappa shape index (κ3) is 10.5. The van der Waals surface area contributed by atoms with Crippen molar-refractivity contribution in [3.8, 4) is 0 Å². The molecule has 1 rings (SSSR count). The highest BCUT2D eigenvalue weighted by Gasteiger charge is 2.36. The molecular weight excluding hydrogens is 430 g/mol. The number of hydrogen-bond acceptors (Lipinski definition) is 8. The van der Waals surface area contributed by atoms with Gasteiger partial charge in [0.2, 0.25) is 11.8 Å². The van der Waals surface area contributed by atoms with E-state index in [-0.39, 0.29) is 42.3 Å². The third-order valence-corrected chi connectivity index (χ3v) is 6.12. The second-order valence-corrected chi connectivity index (χ2v) is 8.59. The zero-order chi connectivity index (χ0) is 23.4. The lowest BCUT2D eigenvalue weighted by Crippen LogP contribution is -2.50. The number of rotatable bonds is 15. The van der Waals surface area contributed by atoms with Crippen LogP contribution in [0.4, 0.5) is 0 Å². The highest BCUT2D eigenvalue weighted by molar-refractivity contribution is 8.00. The molecule has 4 atom stereocenters. The van der Waals surface area contributed by atoms with Crippen LogP contribution in [-0.4, -0.2) is 75.7 Å². The van der Waals surface area contributed by atoms with Crippen molar-refractivity contribution in [2.24, 2.45) is 5.73 Å². The molecule has 1 heterocycles. The summed E-state index contributed by atoms with van der Waals surface area (Å²) in [5.74, 6) is -3.93. The van der Waals surface area contributed by atoms with E-state index in [0.29, 0.717) is 6.42 Å². The van der Waals surface area contributed by atoms with Crippen molar-refractivity contribution in [1.82, 2.24) is 10.6 Å². The summed E-state index contributed by atoms with van der Waals surface area (Å²) in [6.07, 6.45) is 3.29. The zero-order valence-electron chi connectivity index (χ0n) is 17.5. The molecule has 0 aromatic carbocycles. The van der Waals surface area contributed by atoms with Crippen LogP contribution in [-0.2, 0) is 28.7 Å². The van der Waals surface area contributed by atoms with Crippen LogP contribution < -0.4 is 16.4 Å². The third-order valence-electron chi connectivity index (χ3n) is 4.70. The molecule has 0 spiro atoms. The number of carbonyl (C=O) groups is 5. The van der Waals surface area contributed by atoms with Crippen LogP contribution in [0, 0.1) is 0 Å². The van der Waals surface area contributed by atoms with Gasteiger partial charge in [-0.05, 0) is 19.3 Å². The van der Waals surface area contributed by atoms with E-state index >= 15 is 0 Å². The number of esters is 1. The quantitative estimate of drug-likeness (QED) is 0.162. The molecule has 0 saturated carbocycles. The van der Waals surface area contributed by atoms with E-state index in [1.54, 1.807) is 0 Å². The lowest BCUT2D eigenvalue weighted by atomic mass is 10.1. The number of hydrogen-bond donors (Lipinski definition) is 5. The second-order valence-electron chi connectivity index (χ2n) is 7.32. The normalized spacial score (nSPS) is 19.9. The zero-order valence-corrected chi connectivity index (χ0v) is 18.3. The van der Waals surface area contributed by atoms with Crippen molar-refractivity contribution in [2.45, 2.75) is 75.3 Å². The summed E-state index contributed by atoms with van der Waals surface area (Å²) in [5, 5.41) is 22.1. The number of carboxylic acid groups (broad SMARTS) is 2. The number of ether oxygens (including phenoxy) is 1. The molecule has 0 aromatic rings. The summed E-state index contributed by atoms with van der Waals surface area (Å²) in [5.41, 5.74) is 5.38. The molecule has 0 radical (unpaired) electrons. The van der Waals surface area contributed by atoms with E-state index in [0.717, 1.165) is 19.3 Å². The van der Waals surface area contributed by atoms with Gasteiger partial charge in [0.05, 0.1) is 11.7 Å². The first-order chi connectivity index (χ1) is 14.6. The Morgan fingerprint density at radius 3 is 2.58 bits per heavy atom. The predicted octanol–water partition coefficient (Wildman–Crippen LogP) is -0.138. The van der Waals surface area contributed by atoms with Crippen LogP contribution in [0.3, 0.4) is 0 Å². The number of nitrogens with one attached hydrogen (secondary N) is 2. The molecule has 1 aliphatic rings. The fraction of sp³-hybridized carbons (Fsp3) is 0.737. The van der Waals surface area contributed by atoms with Crippen molar-refractivity contribution < 1.29 is 38.9 Å². The Hall–Kier alpha value is -2.34. The van der Waals surface area contributed by atoms with E-state index in [4.69, 9.17) is 20.7 Å². The van der Waals surface area contributed by atoms with Crippen molar-refractivity contribution in [1.29, 1.82) is 0 Å². The number of cyclic esters (lactones) is 1. The molecule has 2 amide bonds. The standard InChI is InChI=1S/C19H31N3O8S/c1-2-3-4-5-13-14(8-17(26)30-13)31-10-12(18(27)21-9-16(24)25)22-15(23)7-6-11(20)19(28)29/h11-14H,2-10,20H2,1H3,(H,21,27)(H,22,23)(H,24,25)(H,28,29)/t11-,12-,13?,14?/m0/s1. The monoisotopic (exact) mass is 461 g/mol. The van der Waals surface area contributed by atoms with Crippen LogP contribution in [0.15, 0.2) is 0 Å². The molecule has 0 bridgehead atoms. The SMILES string of the molecule is CCCCCC1OC(=O)CC1SC[C@H](NC(=O)CC[C@H](N)C(=O)O)C(=O)NCC(=O)O. The Balaban J connectivity index is 2.68. The maximum absolute atomic E-state index is 12.4. The minimum absolute atomic E-state index is 0.105. The Bertz CT molecular complexity index is 660. The molecule has 12 heteroatoms. The molecular formula is C19H31N3O8S. The maximum Gasteiger partial charge on any atom is 0.322 e. The summed E-state index contributed by atoms with van der Waals surface area (Å²) in [6, 6.07) is -2.25. The molecule has 1 saturated heterocycles. The summed E-state index contributed by atoms with van der Waals surface area (Å²) >= 11 is 1.31. The Morgan fingerprint density at radius 2 is 1.97 bits per heavy atom. The molecule has 2 unspecified atom stereocenters. The van der Waals surface area contributed by atoms with Gasteiger partial charge in [0, 0.05) is 12.2 Å². The van der Waals surface area contributed by atoms with Gasteiger partial charge in [0.25, 0.3) is 0 Å². The number of carboxylic acids is 2. The van der Waals surface area contributed by atoms with Gasteiger partial charge in [-0.15, -0.1) is 0 Å². The minimum atomic E-state index is -1.24. The van der Waals surface area contributed by atoms with Gasteiger partial charge in [0.1, 0.15) is 24.7 Å². The molecule has 176 valence electrons. The van der Waals surface area contributed by atoms with Gasteiger partial charge in [-0.1, -0.05) is 19.8 Å². The van der Waals surface area contributed by atoms with Crippen molar-refractivity contribution >= 4 is 41.5 Å². The lowest BCUT2D eigenvalue weighted by Gasteiger charge is -2.22. The number of amides is 2. The average Bonchev–Trinajstić information content (AvgIpc) is 3.06. The molecule has 0 aromatic heterocycles. The first kappa shape index (κ1) is 26.7. The largest absolute Gasteiger partial charge is 0.480 e. The van der Waals surface area contributed by atoms with Crippen LogP contribution in [0.25, 0.3) is 0 Å². The average molecular weight is 462 g/mol. The minimum Gasteiger partial charge on any atom is -0.480 e. The number of aliphatic carboxylic acids is 2. The number of thioether (sulfide) groups is 1. The Labute approximate surface area is 184 Å². The lowest BCUT2D eigenvalue weighted by molar-refractivity contribution is -0.142. The van der Waals surface area contributed by atoms with Gasteiger partial charge in [0.15, 0.2) is 0 Å². The predicted molar refractivity (Wildman–Crippen MR) is 112 cm³/mol. The molecule has 31 heavy (non-hydrogen) atoms. The summed E-state index contributed by atoms with van der Waals surface area (Å²) in [7, 11) is 0. The fourth-order valence-corrected chi connectivity index (χ4v) is 4.29. The van der Waals surface area contributed by atoms with E-state index in [1.807, 2.05) is 0 Å². The highest BCUT2D eigenvalue weighted by Crippen LogP contribution is 2.31. The number of carbonyl (C=O) groups excluding carboxylic acids is 3. The highest BCUT2D eigenvalue weighted by atomic mass is 32.2. The maximum atomic E-state index is 12.4. The van der Waals surface area contributed by atoms with Gasteiger partial charge < -0.3 is 31.3 Å². The topological polar surface area (TPSA) is 185 Å². The second kappa shape index (κ2) is 13.9. The first-order valence-electron chi connectivity index (χ1n) is 10.2. The molecule has 0 aliphatic carbocycles. The van der Waals surface area contributed by atoms with Crippen LogP contribution >= 0.6 is 11.8 Å². The van der Waals surface area contributed by atoms with Gasteiger partial charge >= 0.3 is 17.9 Å².